The Morgan fingerprint density at radius 1 is 1.50 bits per heavy atom. The number of ether oxygens (including phenoxy) is 1. The van der Waals surface area contributed by atoms with Crippen molar-refractivity contribution in [3.8, 4) is 5.75 Å². The molecule has 1 rings (SSSR count). The number of hydrogen-bond donors (Lipinski definition) is 1. The van der Waals surface area contributed by atoms with Gasteiger partial charge in [-0.1, -0.05) is 0 Å². The van der Waals surface area contributed by atoms with E-state index in [0.717, 1.165) is 11.3 Å². The van der Waals surface area contributed by atoms with E-state index in [2.05, 4.69) is 4.98 Å². The number of hydrogen-bond acceptors (Lipinski definition) is 3. The lowest BCUT2D eigenvalue weighted by molar-refractivity contribution is 0.240. The number of pyridine rings is 1. The van der Waals surface area contributed by atoms with Gasteiger partial charge in [-0.05, 0) is 32.4 Å². The molecule has 12 heavy (non-hydrogen) atoms. The van der Waals surface area contributed by atoms with Gasteiger partial charge in [-0.2, -0.15) is 0 Å². The molecule has 0 fully saturated rings. The summed E-state index contributed by atoms with van der Waals surface area (Å²) in [5.41, 5.74) is 6.52. The van der Waals surface area contributed by atoms with Gasteiger partial charge in [-0.25, -0.2) is 4.98 Å². The first kappa shape index (κ1) is 8.84. The third-order valence-electron chi connectivity index (χ3n) is 1.45. The van der Waals surface area contributed by atoms with Crippen LogP contribution in [0.2, 0.25) is 0 Å². The summed E-state index contributed by atoms with van der Waals surface area (Å²) in [5, 5.41) is 0. The van der Waals surface area contributed by atoms with E-state index < -0.39 is 0 Å². The average Bonchev–Trinajstić information content (AvgIpc) is 1.94. The SMILES string of the molecule is Cc1cc(N)ncc1OC(C)C. The molecule has 0 atom stereocenters. The molecule has 1 aromatic heterocycles. The van der Waals surface area contributed by atoms with E-state index in [4.69, 9.17) is 10.5 Å². The molecule has 0 aromatic carbocycles. The van der Waals surface area contributed by atoms with Crippen molar-refractivity contribution in [2.24, 2.45) is 0 Å². The Balaban J connectivity index is 2.86. The number of anilines is 1. The highest BCUT2D eigenvalue weighted by molar-refractivity contribution is 5.39. The van der Waals surface area contributed by atoms with Gasteiger partial charge in [0, 0.05) is 0 Å². The highest BCUT2D eigenvalue weighted by atomic mass is 16.5. The largest absolute Gasteiger partial charge is 0.489 e. The number of nitrogens with two attached hydrogens (primary N) is 1. The van der Waals surface area contributed by atoms with Crippen molar-refractivity contribution in [1.29, 1.82) is 0 Å². The molecule has 0 saturated heterocycles. The highest BCUT2D eigenvalue weighted by Gasteiger charge is 2.02. The van der Waals surface area contributed by atoms with Crippen LogP contribution in [0.5, 0.6) is 5.75 Å². The summed E-state index contributed by atoms with van der Waals surface area (Å²) in [6.45, 7) is 5.92. The number of aromatic nitrogens is 1. The molecule has 2 N–H and O–H groups in total. The minimum absolute atomic E-state index is 0.175. The fourth-order valence-electron chi connectivity index (χ4n) is 0.943. The first-order valence-corrected chi connectivity index (χ1v) is 3.98. The molecule has 0 spiro atoms. The molecule has 0 radical (unpaired) electrons. The topological polar surface area (TPSA) is 48.1 Å². The maximum atomic E-state index is 5.49. The molecule has 0 unspecified atom stereocenters. The Bertz CT molecular complexity index is 271. The molecule has 0 amide bonds. The van der Waals surface area contributed by atoms with Gasteiger partial charge in [-0.3, -0.25) is 0 Å². The van der Waals surface area contributed by atoms with Crippen LogP contribution in [0.3, 0.4) is 0 Å². The number of aryl methyl sites for hydroxylation is 1. The highest BCUT2D eigenvalue weighted by Crippen LogP contribution is 2.18. The van der Waals surface area contributed by atoms with E-state index in [1.165, 1.54) is 0 Å². The first-order valence-electron chi connectivity index (χ1n) is 3.98. The van der Waals surface area contributed by atoms with E-state index in [9.17, 15) is 0 Å². The Kier molecular flexibility index (Phi) is 2.53. The van der Waals surface area contributed by atoms with Crippen LogP contribution in [0.25, 0.3) is 0 Å². The Hall–Kier alpha value is -1.25. The molecule has 0 aliphatic rings. The second kappa shape index (κ2) is 3.43. The first-order chi connectivity index (χ1) is 5.59. The van der Waals surface area contributed by atoms with Crippen molar-refractivity contribution in [3.05, 3.63) is 17.8 Å². The van der Waals surface area contributed by atoms with E-state index >= 15 is 0 Å². The zero-order chi connectivity index (χ0) is 9.14. The van der Waals surface area contributed by atoms with Gasteiger partial charge in [0.1, 0.15) is 11.6 Å². The molecular formula is C9H14N2O. The minimum atomic E-state index is 0.175. The zero-order valence-corrected chi connectivity index (χ0v) is 7.66. The predicted octanol–water partition coefficient (Wildman–Crippen LogP) is 1.76. The summed E-state index contributed by atoms with van der Waals surface area (Å²) < 4.78 is 5.48. The van der Waals surface area contributed by atoms with Crippen LogP contribution in [0.4, 0.5) is 5.82 Å². The van der Waals surface area contributed by atoms with E-state index in [1.807, 2.05) is 20.8 Å². The fraction of sp³-hybridized carbons (Fsp3) is 0.444. The normalized spacial score (nSPS) is 10.3. The standard InChI is InChI=1S/C9H14N2O/c1-6(2)12-8-5-11-9(10)4-7(8)3/h4-6H,1-3H3,(H2,10,11). The number of nitrogens with zero attached hydrogens (tertiary/aromatic N) is 1. The number of nitrogen functional groups attached to an aromatic ring is 1. The van der Waals surface area contributed by atoms with E-state index in [0.29, 0.717) is 5.82 Å². The second-order valence-corrected chi connectivity index (χ2v) is 3.04. The van der Waals surface area contributed by atoms with Crippen molar-refractivity contribution in [3.63, 3.8) is 0 Å². The summed E-state index contributed by atoms with van der Waals surface area (Å²) in [4.78, 5) is 3.95. The Morgan fingerprint density at radius 3 is 2.67 bits per heavy atom. The molecule has 1 heterocycles. The molecule has 0 saturated carbocycles. The predicted molar refractivity (Wildman–Crippen MR) is 49.2 cm³/mol. The van der Waals surface area contributed by atoms with Gasteiger partial charge in [0.25, 0.3) is 0 Å². The molecule has 0 aliphatic heterocycles. The van der Waals surface area contributed by atoms with Crippen LogP contribution in [0.15, 0.2) is 12.3 Å². The van der Waals surface area contributed by atoms with Gasteiger partial charge < -0.3 is 10.5 Å². The van der Waals surface area contributed by atoms with Gasteiger partial charge in [-0.15, -0.1) is 0 Å². The van der Waals surface area contributed by atoms with Crippen LogP contribution in [0, 0.1) is 6.92 Å². The average molecular weight is 166 g/mol. The summed E-state index contributed by atoms with van der Waals surface area (Å²) >= 11 is 0. The Morgan fingerprint density at radius 2 is 2.17 bits per heavy atom. The maximum absolute atomic E-state index is 5.49. The maximum Gasteiger partial charge on any atom is 0.141 e. The van der Waals surface area contributed by atoms with Crippen LogP contribution in [-0.2, 0) is 0 Å². The van der Waals surface area contributed by atoms with Crippen molar-refractivity contribution < 1.29 is 4.74 Å². The molecule has 3 nitrogen and oxygen atoms in total. The van der Waals surface area contributed by atoms with Crippen LogP contribution in [-0.4, -0.2) is 11.1 Å². The molecule has 1 aromatic rings. The monoisotopic (exact) mass is 166 g/mol. The van der Waals surface area contributed by atoms with Gasteiger partial charge >= 0.3 is 0 Å². The smallest absolute Gasteiger partial charge is 0.141 e. The van der Waals surface area contributed by atoms with Crippen molar-refractivity contribution >= 4 is 5.82 Å². The molecule has 0 aliphatic carbocycles. The lowest BCUT2D eigenvalue weighted by atomic mass is 10.2. The van der Waals surface area contributed by atoms with Crippen LogP contribution in [0.1, 0.15) is 19.4 Å². The van der Waals surface area contributed by atoms with Gasteiger partial charge in [0.2, 0.25) is 0 Å². The lowest BCUT2D eigenvalue weighted by Crippen LogP contribution is -2.07. The summed E-state index contributed by atoms with van der Waals surface area (Å²) in [5.74, 6) is 1.34. The van der Waals surface area contributed by atoms with Crippen molar-refractivity contribution in [2.75, 3.05) is 5.73 Å². The van der Waals surface area contributed by atoms with Crippen LogP contribution >= 0.6 is 0 Å². The fourth-order valence-corrected chi connectivity index (χ4v) is 0.943. The number of rotatable bonds is 2. The lowest BCUT2D eigenvalue weighted by Gasteiger charge is -2.11. The Labute approximate surface area is 72.6 Å². The molecule has 3 heteroatoms. The van der Waals surface area contributed by atoms with Gasteiger partial charge in [0.15, 0.2) is 0 Å². The summed E-state index contributed by atoms with van der Waals surface area (Å²) in [6.07, 6.45) is 1.83. The second-order valence-electron chi connectivity index (χ2n) is 3.04. The van der Waals surface area contributed by atoms with Crippen LogP contribution < -0.4 is 10.5 Å². The quantitative estimate of drug-likeness (QED) is 0.728. The van der Waals surface area contributed by atoms with Gasteiger partial charge in [0.05, 0.1) is 12.3 Å². The van der Waals surface area contributed by atoms with E-state index in [-0.39, 0.29) is 6.10 Å². The van der Waals surface area contributed by atoms with Crippen molar-refractivity contribution in [1.82, 2.24) is 4.98 Å². The summed E-state index contributed by atoms with van der Waals surface area (Å²) in [6, 6.07) is 1.80. The van der Waals surface area contributed by atoms with E-state index in [1.54, 1.807) is 12.3 Å². The third kappa shape index (κ3) is 2.12. The third-order valence-corrected chi connectivity index (χ3v) is 1.45. The molecular weight excluding hydrogens is 152 g/mol. The summed E-state index contributed by atoms with van der Waals surface area (Å²) in [7, 11) is 0. The molecule has 66 valence electrons. The zero-order valence-electron chi connectivity index (χ0n) is 7.66. The van der Waals surface area contributed by atoms with Crippen molar-refractivity contribution in [2.45, 2.75) is 26.9 Å². The minimum Gasteiger partial charge on any atom is -0.489 e. The molecule has 0 bridgehead atoms.